The summed E-state index contributed by atoms with van der Waals surface area (Å²) in [5, 5.41) is 10.3. The molecular formula is C22H41KO2. The Labute approximate surface area is 200 Å². The normalized spacial score (nSPS) is 10.9. The second-order valence-corrected chi connectivity index (χ2v) is 7.12. The molecule has 0 aliphatic heterocycles. The fourth-order valence-electron chi connectivity index (χ4n) is 3.05. The van der Waals surface area contributed by atoms with Crippen LogP contribution in [-0.4, -0.2) is 5.97 Å². The van der Waals surface area contributed by atoms with E-state index < -0.39 is 5.97 Å². The first-order chi connectivity index (χ1) is 11.8. The SMILES string of the molecule is CCCCCCCC/C=C/CCCCCCCCCCCC(=O)[O-].[K+]. The molecule has 0 aromatic carbocycles. The maximum atomic E-state index is 10.3. The maximum Gasteiger partial charge on any atom is 1.00 e. The number of hydrogen-bond acceptors (Lipinski definition) is 2. The smallest absolute Gasteiger partial charge is 0.550 e. The Balaban J connectivity index is 0. The van der Waals surface area contributed by atoms with Crippen molar-refractivity contribution in [2.75, 3.05) is 0 Å². The molecule has 0 atom stereocenters. The Hall–Kier alpha value is 0.846. The van der Waals surface area contributed by atoms with Crippen molar-refractivity contribution in [3.05, 3.63) is 12.2 Å². The molecule has 0 amide bonds. The van der Waals surface area contributed by atoms with Gasteiger partial charge >= 0.3 is 51.4 Å². The van der Waals surface area contributed by atoms with Gasteiger partial charge in [0, 0.05) is 5.97 Å². The molecule has 142 valence electrons. The molecule has 0 heterocycles. The molecule has 0 rings (SSSR count). The minimum absolute atomic E-state index is 0. The van der Waals surface area contributed by atoms with Crippen molar-refractivity contribution in [2.45, 2.75) is 122 Å². The number of unbranched alkanes of at least 4 members (excludes halogenated alkanes) is 15. The average molecular weight is 377 g/mol. The first kappa shape index (κ1) is 28.1. The Morgan fingerprint density at radius 1 is 0.640 bits per heavy atom. The van der Waals surface area contributed by atoms with Crippen molar-refractivity contribution in [1.29, 1.82) is 0 Å². The van der Waals surface area contributed by atoms with Crippen LogP contribution in [0.2, 0.25) is 0 Å². The Kier molecular flexibility index (Phi) is 27.9. The first-order valence-corrected chi connectivity index (χ1v) is 10.6. The van der Waals surface area contributed by atoms with Crippen LogP contribution in [0.1, 0.15) is 122 Å². The van der Waals surface area contributed by atoms with Crippen LogP contribution < -0.4 is 56.5 Å². The van der Waals surface area contributed by atoms with Crippen molar-refractivity contribution >= 4 is 5.97 Å². The quantitative estimate of drug-likeness (QED) is 0.197. The molecule has 0 aromatic rings. The predicted octanol–water partition coefficient (Wildman–Crippen LogP) is 3.34. The number of carbonyl (C=O) groups is 1. The van der Waals surface area contributed by atoms with Crippen molar-refractivity contribution < 1.29 is 61.3 Å². The summed E-state index contributed by atoms with van der Waals surface area (Å²) in [6.45, 7) is 2.27. The number of rotatable bonds is 19. The molecule has 2 nitrogen and oxygen atoms in total. The molecule has 0 bridgehead atoms. The molecule has 0 aromatic heterocycles. The molecular weight excluding hydrogens is 335 g/mol. The van der Waals surface area contributed by atoms with Gasteiger partial charge in [0.15, 0.2) is 0 Å². The van der Waals surface area contributed by atoms with Crippen molar-refractivity contribution in [2.24, 2.45) is 0 Å². The van der Waals surface area contributed by atoms with E-state index in [1.165, 1.54) is 96.3 Å². The maximum absolute atomic E-state index is 10.3. The predicted molar refractivity (Wildman–Crippen MR) is 103 cm³/mol. The van der Waals surface area contributed by atoms with E-state index in [0.29, 0.717) is 0 Å². The third-order valence-electron chi connectivity index (χ3n) is 4.64. The summed E-state index contributed by atoms with van der Waals surface area (Å²) < 4.78 is 0. The topological polar surface area (TPSA) is 40.1 Å². The van der Waals surface area contributed by atoms with Gasteiger partial charge in [-0.2, -0.15) is 0 Å². The third kappa shape index (κ3) is 27.2. The van der Waals surface area contributed by atoms with Crippen LogP contribution in [0, 0.1) is 0 Å². The zero-order valence-electron chi connectivity index (χ0n) is 17.2. The summed E-state index contributed by atoms with van der Waals surface area (Å²) in [5.74, 6) is -0.906. The fourth-order valence-corrected chi connectivity index (χ4v) is 3.05. The Bertz CT molecular complexity index is 290. The molecule has 3 heteroatoms. The van der Waals surface area contributed by atoms with Gasteiger partial charge in [0.1, 0.15) is 0 Å². The molecule has 0 spiro atoms. The summed E-state index contributed by atoms with van der Waals surface area (Å²) in [6.07, 6.45) is 26.8. The second kappa shape index (κ2) is 24.8. The average Bonchev–Trinajstić information content (AvgIpc) is 2.56. The van der Waals surface area contributed by atoms with E-state index in [2.05, 4.69) is 19.1 Å². The molecule has 0 aliphatic carbocycles. The number of carboxylic acids is 1. The molecule has 0 fully saturated rings. The zero-order valence-corrected chi connectivity index (χ0v) is 20.3. The molecule has 0 radical (unpaired) electrons. The standard InChI is InChI=1S/C22H42O2.K/c1-2-3-4-5-6-7-8-9-10-11-12-13-14-15-16-17-18-19-20-21-22(23)24;/h9-10H,2-8,11-21H2,1H3,(H,23,24);/q;+1/p-1/b10-9+;. The summed E-state index contributed by atoms with van der Waals surface area (Å²) in [6, 6.07) is 0. The number of aliphatic carboxylic acids is 1. The van der Waals surface area contributed by atoms with Crippen molar-refractivity contribution in [1.82, 2.24) is 0 Å². The van der Waals surface area contributed by atoms with Gasteiger partial charge in [-0.05, 0) is 38.5 Å². The van der Waals surface area contributed by atoms with Crippen LogP contribution in [0.3, 0.4) is 0 Å². The fraction of sp³-hybridized carbons (Fsp3) is 0.864. The molecule has 0 saturated heterocycles. The largest absolute Gasteiger partial charge is 1.00 e. The van der Waals surface area contributed by atoms with Gasteiger partial charge in [-0.3, -0.25) is 0 Å². The summed E-state index contributed by atoms with van der Waals surface area (Å²) in [4.78, 5) is 10.3. The summed E-state index contributed by atoms with van der Waals surface area (Å²) >= 11 is 0. The van der Waals surface area contributed by atoms with Gasteiger partial charge in [0.05, 0.1) is 0 Å². The van der Waals surface area contributed by atoms with E-state index in [1.807, 2.05) is 0 Å². The van der Waals surface area contributed by atoms with Gasteiger partial charge in [0.25, 0.3) is 0 Å². The van der Waals surface area contributed by atoms with E-state index in [-0.39, 0.29) is 57.8 Å². The van der Waals surface area contributed by atoms with Gasteiger partial charge in [-0.1, -0.05) is 96.1 Å². The number of carbonyl (C=O) groups excluding carboxylic acids is 1. The van der Waals surface area contributed by atoms with Crippen LogP contribution in [0.5, 0.6) is 0 Å². The zero-order chi connectivity index (χ0) is 17.7. The molecule has 25 heavy (non-hydrogen) atoms. The van der Waals surface area contributed by atoms with Crippen LogP contribution in [0.25, 0.3) is 0 Å². The minimum Gasteiger partial charge on any atom is -0.550 e. The number of hydrogen-bond donors (Lipinski definition) is 0. The van der Waals surface area contributed by atoms with Crippen LogP contribution in [0.15, 0.2) is 12.2 Å². The van der Waals surface area contributed by atoms with Gasteiger partial charge in [-0.15, -0.1) is 0 Å². The van der Waals surface area contributed by atoms with Crippen molar-refractivity contribution in [3.8, 4) is 0 Å². The van der Waals surface area contributed by atoms with E-state index in [9.17, 15) is 9.90 Å². The molecule has 0 aliphatic rings. The summed E-state index contributed by atoms with van der Waals surface area (Å²) in [7, 11) is 0. The molecule has 0 N–H and O–H groups in total. The van der Waals surface area contributed by atoms with E-state index in [1.54, 1.807) is 0 Å². The van der Waals surface area contributed by atoms with E-state index in [0.717, 1.165) is 12.8 Å². The van der Waals surface area contributed by atoms with Crippen molar-refractivity contribution in [3.63, 3.8) is 0 Å². The van der Waals surface area contributed by atoms with Crippen LogP contribution >= 0.6 is 0 Å². The second-order valence-electron chi connectivity index (χ2n) is 7.12. The Morgan fingerprint density at radius 2 is 1.00 bits per heavy atom. The van der Waals surface area contributed by atoms with Crippen LogP contribution in [0.4, 0.5) is 0 Å². The Morgan fingerprint density at radius 3 is 1.40 bits per heavy atom. The molecule has 0 saturated carbocycles. The minimum atomic E-state index is -0.906. The molecule has 0 unspecified atom stereocenters. The summed E-state index contributed by atoms with van der Waals surface area (Å²) in [5.41, 5.74) is 0. The van der Waals surface area contributed by atoms with Crippen LogP contribution in [-0.2, 0) is 4.79 Å². The third-order valence-corrected chi connectivity index (χ3v) is 4.64. The van der Waals surface area contributed by atoms with Gasteiger partial charge < -0.3 is 9.90 Å². The monoisotopic (exact) mass is 376 g/mol. The van der Waals surface area contributed by atoms with E-state index in [4.69, 9.17) is 0 Å². The van der Waals surface area contributed by atoms with E-state index >= 15 is 0 Å². The number of carboxylic acid groups (broad SMARTS) is 1. The van der Waals surface area contributed by atoms with Gasteiger partial charge in [0.2, 0.25) is 0 Å². The van der Waals surface area contributed by atoms with Gasteiger partial charge in [-0.25, -0.2) is 0 Å². The first-order valence-electron chi connectivity index (χ1n) is 10.6. The number of allylic oxidation sites excluding steroid dienone is 2.